The third-order valence-electron chi connectivity index (χ3n) is 2.16. The van der Waals surface area contributed by atoms with Crippen LogP contribution in [0.3, 0.4) is 0 Å². The van der Waals surface area contributed by atoms with Gasteiger partial charge in [0, 0.05) is 24.9 Å². The smallest absolute Gasteiger partial charge is 0.372 e. The Labute approximate surface area is 96.8 Å². The van der Waals surface area contributed by atoms with Gasteiger partial charge in [0.1, 0.15) is 6.61 Å². The summed E-state index contributed by atoms with van der Waals surface area (Å²) < 4.78 is 41.1. The van der Waals surface area contributed by atoms with E-state index >= 15 is 0 Å². The first-order valence-electron chi connectivity index (χ1n) is 5.21. The van der Waals surface area contributed by atoms with Gasteiger partial charge in [-0.2, -0.15) is 13.2 Å². The molecule has 17 heavy (non-hydrogen) atoms. The zero-order chi connectivity index (χ0) is 12.9. The minimum absolute atomic E-state index is 0.0140. The average Bonchev–Trinajstić information content (AvgIpc) is 2.22. The molecule has 0 aliphatic heterocycles. The first-order chi connectivity index (χ1) is 7.90. The number of pyridine rings is 1. The molecule has 1 rings (SSSR count). The quantitative estimate of drug-likeness (QED) is 0.748. The Morgan fingerprint density at radius 3 is 2.76 bits per heavy atom. The standard InChI is InChI=1S/C11H14F3NO2/c1-9-4-2-5-15(10(9)16)6-3-7-17-8-11(12,13)14/h2,4-5H,3,6-8H2,1H3. The molecule has 0 bridgehead atoms. The molecule has 0 amide bonds. The van der Waals surface area contributed by atoms with Crippen LogP contribution in [0.1, 0.15) is 12.0 Å². The van der Waals surface area contributed by atoms with Crippen LogP contribution in [0.2, 0.25) is 0 Å². The molecule has 0 aliphatic rings. The first kappa shape index (κ1) is 13.8. The summed E-state index contributed by atoms with van der Waals surface area (Å²) in [5.74, 6) is 0. The lowest BCUT2D eigenvalue weighted by Crippen LogP contribution is -2.22. The van der Waals surface area contributed by atoms with Crippen LogP contribution in [-0.4, -0.2) is 24.0 Å². The molecule has 6 heteroatoms. The normalized spacial score (nSPS) is 11.8. The van der Waals surface area contributed by atoms with E-state index in [-0.39, 0.29) is 12.2 Å². The summed E-state index contributed by atoms with van der Waals surface area (Å²) in [6.45, 7) is 0.799. The Morgan fingerprint density at radius 2 is 2.12 bits per heavy atom. The van der Waals surface area contributed by atoms with E-state index in [1.807, 2.05) is 0 Å². The highest BCUT2D eigenvalue weighted by Gasteiger charge is 2.27. The molecule has 0 saturated heterocycles. The molecular formula is C11H14F3NO2. The Morgan fingerprint density at radius 1 is 1.41 bits per heavy atom. The van der Waals surface area contributed by atoms with E-state index < -0.39 is 12.8 Å². The summed E-state index contributed by atoms with van der Waals surface area (Å²) in [4.78, 5) is 11.5. The second-order valence-corrected chi connectivity index (χ2v) is 3.71. The summed E-state index contributed by atoms with van der Waals surface area (Å²) in [6, 6.07) is 3.42. The van der Waals surface area contributed by atoms with Crippen molar-refractivity contribution in [2.45, 2.75) is 26.1 Å². The predicted octanol–water partition coefficient (Wildman–Crippen LogP) is 2.13. The number of rotatable bonds is 5. The Balaban J connectivity index is 2.32. The van der Waals surface area contributed by atoms with E-state index in [2.05, 4.69) is 4.74 Å². The van der Waals surface area contributed by atoms with E-state index in [0.29, 0.717) is 18.5 Å². The number of alkyl halides is 3. The van der Waals surface area contributed by atoms with Gasteiger partial charge in [0.15, 0.2) is 0 Å². The molecule has 1 heterocycles. The molecule has 0 aliphatic carbocycles. The van der Waals surface area contributed by atoms with Crippen LogP contribution in [0.4, 0.5) is 13.2 Å². The maximum absolute atomic E-state index is 11.7. The molecular weight excluding hydrogens is 235 g/mol. The molecule has 96 valence electrons. The van der Waals surface area contributed by atoms with Gasteiger partial charge in [-0.05, 0) is 19.4 Å². The number of aryl methyl sites for hydroxylation is 2. The number of nitrogens with zero attached hydrogens (tertiary/aromatic N) is 1. The molecule has 0 spiro atoms. The maximum atomic E-state index is 11.7. The SMILES string of the molecule is Cc1cccn(CCCOCC(F)(F)F)c1=O. The highest BCUT2D eigenvalue weighted by atomic mass is 19.4. The highest BCUT2D eigenvalue weighted by Crippen LogP contribution is 2.14. The van der Waals surface area contributed by atoms with Crippen molar-refractivity contribution in [1.29, 1.82) is 0 Å². The average molecular weight is 249 g/mol. The zero-order valence-electron chi connectivity index (χ0n) is 9.46. The van der Waals surface area contributed by atoms with Crippen molar-refractivity contribution in [1.82, 2.24) is 4.57 Å². The fraction of sp³-hybridized carbons (Fsp3) is 0.545. The largest absolute Gasteiger partial charge is 0.411 e. The third kappa shape index (κ3) is 5.04. The highest BCUT2D eigenvalue weighted by molar-refractivity contribution is 5.07. The van der Waals surface area contributed by atoms with E-state index in [9.17, 15) is 18.0 Å². The minimum atomic E-state index is -4.29. The molecule has 0 fully saturated rings. The Hall–Kier alpha value is -1.30. The van der Waals surface area contributed by atoms with Crippen molar-refractivity contribution in [2.75, 3.05) is 13.2 Å². The second-order valence-electron chi connectivity index (χ2n) is 3.71. The van der Waals surface area contributed by atoms with Crippen LogP contribution >= 0.6 is 0 Å². The molecule has 1 aromatic rings. The molecule has 0 radical (unpaired) electrons. The molecule has 0 saturated carbocycles. The van der Waals surface area contributed by atoms with Gasteiger partial charge in [0.25, 0.3) is 5.56 Å². The van der Waals surface area contributed by atoms with Crippen molar-refractivity contribution >= 4 is 0 Å². The summed E-state index contributed by atoms with van der Waals surface area (Å²) in [6.07, 6.45) is -2.31. The number of hydrogen-bond acceptors (Lipinski definition) is 2. The van der Waals surface area contributed by atoms with Crippen LogP contribution in [-0.2, 0) is 11.3 Å². The maximum Gasteiger partial charge on any atom is 0.411 e. The zero-order valence-corrected chi connectivity index (χ0v) is 9.46. The molecule has 0 aromatic carbocycles. The molecule has 0 unspecified atom stereocenters. The first-order valence-corrected chi connectivity index (χ1v) is 5.21. The molecule has 3 nitrogen and oxygen atoms in total. The van der Waals surface area contributed by atoms with E-state index in [0.717, 1.165) is 0 Å². The summed E-state index contributed by atoms with van der Waals surface area (Å²) in [5.41, 5.74) is 0.493. The lowest BCUT2D eigenvalue weighted by Gasteiger charge is -2.08. The Bertz CT molecular complexity index is 412. The van der Waals surface area contributed by atoms with Gasteiger partial charge < -0.3 is 9.30 Å². The molecule has 0 atom stereocenters. The van der Waals surface area contributed by atoms with Gasteiger partial charge in [-0.3, -0.25) is 4.79 Å². The molecule has 1 aromatic heterocycles. The van der Waals surface area contributed by atoms with Crippen molar-refractivity contribution in [3.63, 3.8) is 0 Å². The van der Waals surface area contributed by atoms with E-state index in [4.69, 9.17) is 0 Å². The van der Waals surface area contributed by atoms with Gasteiger partial charge in [0.2, 0.25) is 0 Å². The predicted molar refractivity (Wildman–Crippen MR) is 56.9 cm³/mol. The van der Waals surface area contributed by atoms with Gasteiger partial charge in [-0.25, -0.2) is 0 Å². The van der Waals surface area contributed by atoms with Crippen molar-refractivity contribution in [3.8, 4) is 0 Å². The monoisotopic (exact) mass is 249 g/mol. The van der Waals surface area contributed by atoms with Gasteiger partial charge >= 0.3 is 6.18 Å². The Kier molecular flexibility index (Phi) is 4.74. The number of hydrogen-bond donors (Lipinski definition) is 0. The number of halogens is 3. The summed E-state index contributed by atoms with van der Waals surface area (Å²) in [7, 11) is 0. The van der Waals surface area contributed by atoms with E-state index in [1.165, 1.54) is 4.57 Å². The lowest BCUT2D eigenvalue weighted by atomic mass is 10.3. The topological polar surface area (TPSA) is 31.2 Å². The number of aromatic nitrogens is 1. The minimum Gasteiger partial charge on any atom is -0.372 e. The number of ether oxygens (including phenoxy) is 1. The lowest BCUT2D eigenvalue weighted by molar-refractivity contribution is -0.174. The van der Waals surface area contributed by atoms with Crippen LogP contribution < -0.4 is 5.56 Å². The van der Waals surface area contributed by atoms with E-state index in [1.54, 1.807) is 25.3 Å². The van der Waals surface area contributed by atoms with Crippen LogP contribution in [0.15, 0.2) is 23.1 Å². The van der Waals surface area contributed by atoms with Gasteiger partial charge in [0.05, 0.1) is 0 Å². The van der Waals surface area contributed by atoms with Crippen molar-refractivity contribution in [3.05, 3.63) is 34.2 Å². The van der Waals surface area contributed by atoms with Crippen molar-refractivity contribution < 1.29 is 17.9 Å². The van der Waals surface area contributed by atoms with Crippen LogP contribution in [0.25, 0.3) is 0 Å². The van der Waals surface area contributed by atoms with Crippen LogP contribution in [0.5, 0.6) is 0 Å². The van der Waals surface area contributed by atoms with Gasteiger partial charge in [-0.15, -0.1) is 0 Å². The summed E-state index contributed by atoms with van der Waals surface area (Å²) in [5, 5.41) is 0. The summed E-state index contributed by atoms with van der Waals surface area (Å²) >= 11 is 0. The molecule has 0 N–H and O–H groups in total. The second kappa shape index (κ2) is 5.86. The van der Waals surface area contributed by atoms with Gasteiger partial charge in [-0.1, -0.05) is 6.07 Å². The fourth-order valence-corrected chi connectivity index (χ4v) is 1.36. The third-order valence-corrected chi connectivity index (χ3v) is 2.16. The van der Waals surface area contributed by atoms with Crippen molar-refractivity contribution in [2.24, 2.45) is 0 Å². The van der Waals surface area contributed by atoms with Crippen LogP contribution in [0, 0.1) is 6.92 Å². The fourth-order valence-electron chi connectivity index (χ4n) is 1.36.